The van der Waals surface area contributed by atoms with Gasteiger partial charge in [0.1, 0.15) is 0 Å². The fraction of sp³-hybridized carbons (Fsp3) is 0.520. The lowest BCUT2D eigenvalue weighted by Crippen LogP contribution is -2.43. The maximum atomic E-state index is 13.6. The van der Waals surface area contributed by atoms with Gasteiger partial charge in [-0.15, -0.1) is 0 Å². The van der Waals surface area contributed by atoms with Gasteiger partial charge in [-0.25, -0.2) is 0 Å². The quantitative estimate of drug-likeness (QED) is 0.466. The lowest BCUT2D eigenvalue weighted by atomic mass is 9.75. The number of methoxy groups -OCH3 is 1. The zero-order chi connectivity index (χ0) is 23.4. The van der Waals surface area contributed by atoms with Crippen LogP contribution in [-0.4, -0.2) is 65.0 Å². The Labute approximate surface area is 194 Å². The standard InChI is InChI=1S/C25H32N4O4/c1-28(17-21-19-11-6-7-12-20(19)26-27-21)22(30)15-25(18-9-4-3-5-10-18)16-23(31)29(24(25)32)13-8-14-33-2/h3-5,9-10H,6-8,11-17H2,1-2H3,(H,26,27)/t25-/m0/s1. The number of benzene rings is 1. The van der Waals surface area contributed by atoms with Gasteiger partial charge in [0.15, 0.2) is 0 Å². The molecule has 1 aliphatic carbocycles. The predicted octanol–water partition coefficient (Wildman–Crippen LogP) is 2.37. The number of rotatable bonds is 9. The molecule has 2 aromatic rings. The number of nitrogens with zero attached hydrogens (tertiary/aromatic N) is 3. The Morgan fingerprint density at radius 3 is 2.73 bits per heavy atom. The first-order valence-corrected chi connectivity index (χ1v) is 11.6. The number of nitrogens with one attached hydrogen (secondary N) is 1. The highest BCUT2D eigenvalue weighted by Gasteiger charge is 2.53. The van der Waals surface area contributed by atoms with E-state index in [1.54, 1.807) is 19.1 Å². The summed E-state index contributed by atoms with van der Waals surface area (Å²) < 4.78 is 5.08. The van der Waals surface area contributed by atoms with E-state index in [0.717, 1.165) is 31.4 Å². The van der Waals surface area contributed by atoms with E-state index in [9.17, 15) is 14.4 Å². The number of likely N-dealkylation sites (tertiary alicyclic amines) is 1. The van der Waals surface area contributed by atoms with Crippen LogP contribution in [0.2, 0.25) is 0 Å². The van der Waals surface area contributed by atoms with Gasteiger partial charge < -0.3 is 9.64 Å². The summed E-state index contributed by atoms with van der Waals surface area (Å²) in [7, 11) is 3.33. The van der Waals surface area contributed by atoms with Crippen LogP contribution in [0.1, 0.15) is 54.6 Å². The Morgan fingerprint density at radius 2 is 1.97 bits per heavy atom. The summed E-state index contributed by atoms with van der Waals surface area (Å²) in [5.74, 6) is -0.711. The van der Waals surface area contributed by atoms with Gasteiger partial charge in [0.2, 0.25) is 17.7 Å². The molecule has 0 bridgehead atoms. The molecule has 1 aliphatic heterocycles. The number of ether oxygens (including phenoxy) is 1. The van der Waals surface area contributed by atoms with E-state index in [1.165, 1.54) is 16.2 Å². The third kappa shape index (κ3) is 4.57. The summed E-state index contributed by atoms with van der Waals surface area (Å²) >= 11 is 0. The highest BCUT2D eigenvalue weighted by molar-refractivity contribution is 6.10. The van der Waals surface area contributed by atoms with Crippen LogP contribution in [-0.2, 0) is 43.9 Å². The normalized spacial score (nSPS) is 20.2. The van der Waals surface area contributed by atoms with Crippen LogP contribution in [0.4, 0.5) is 0 Å². The largest absolute Gasteiger partial charge is 0.385 e. The van der Waals surface area contributed by atoms with E-state index in [4.69, 9.17) is 4.74 Å². The van der Waals surface area contributed by atoms with Gasteiger partial charge in [-0.2, -0.15) is 5.10 Å². The van der Waals surface area contributed by atoms with Crippen LogP contribution in [0.25, 0.3) is 0 Å². The van der Waals surface area contributed by atoms with Crippen molar-refractivity contribution in [1.82, 2.24) is 20.0 Å². The molecule has 0 unspecified atom stereocenters. The first-order valence-electron chi connectivity index (χ1n) is 11.6. The summed E-state index contributed by atoms with van der Waals surface area (Å²) in [6.07, 6.45) is 4.76. The second-order valence-electron chi connectivity index (χ2n) is 9.08. The zero-order valence-corrected chi connectivity index (χ0v) is 19.4. The first kappa shape index (κ1) is 23.2. The zero-order valence-electron chi connectivity index (χ0n) is 19.4. The second kappa shape index (κ2) is 9.87. The number of carbonyl (C=O) groups is 3. The molecule has 1 aromatic carbocycles. The van der Waals surface area contributed by atoms with E-state index < -0.39 is 5.41 Å². The van der Waals surface area contributed by atoms with Gasteiger partial charge in [0.25, 0.3) is 0 Å². The minimum Gasteiger partial charge on any atom is -0.385 e. The SMILES string of the molecule is COCCCN1C(=O)C[C@@](CC(=O)N(C)Cc2n[nH]c3c2CCCC3)(c2ccccc2)C1=O. The summed E-state index contributed by atoms with van der Waals surface area (Å²) in [4.78, 5) is 42.7. The van der Waals surface area contributed by atoms with Crippen molar-refractivity contribution < 1.29 is 19.1 Å². The third-order valence-electron chi connectivity index (χ3n) is 6.87. The van der Waals surface area contributed by atoms with E-state index in [0.29, 0.717) is 31.7 Å². The molecule has 1 atom stereocenters. The van der Waals surface area contributed by atoms with Crippen LogP contribution in [0.3, 0.4) is 0 Å². The van der Waals surface area contributed by atoms with E-state index in [1.807, 2.05) is 30.3 Å². The van der Waals surface area contributed by atoms with Gasteiger partial charge in [-0.3, -0.25) is 24.4 Å². The molecule has 2 aliphatic rings. The van der Waals surface area contributed by atoms with Crippen molar-refractivity contribution in [3.8, 4) is 0 Å². The molecule has 2 heterocycles. The molecule has 1 aromatic heterocycles. The van der Waals surface area contributed by atoms with E-state index >= 15 is 0 Å². The number of hydrogen-bond donors (Lipinski definition) is 1. The van der Waals surface area contributed by atoms with Crippen LogP contribution in [0.5, 0.6) is 0 Å². The predicted molar refractivity (Wildman–Crippen MR) is 122 cm³/mol. The molecule has 1 N–H and O–H groups in total. The second-order valence-corrected chi connectivity index (χ2v) is 9.08. The first-order chi connectivity index (χ1) is 16.0. The molecule has 176 valence electrons. The minimum absolute atomic E-state index is 0.000210. The number of fused-ring (bicyclic) bond motifs is 1. The average molecular weight is 453 g/mol. The van der Waals surface area contributed by atoms with Gasteiger partial charge in [-0.05, 0) is 43.2 Å². The Bertz CT molecular complexity index is 1020. The van der Waals surface area contributed by atoms with Crippen molar-refractivity contribution in [2.75, 3.05) is 27.3 Å². The van der Waals surface area contributed by atoms with E-state index in [-0.39, 0.29) is 30.6 Å². The van der Waals surface area contributed by atoms with Crippen LogP contribution in [0.15, 0.2) is 30.3 Å². The monoisotopic (exact) mass is 452 g/mol. The topological polar surface area (TPSA) is 95.6 Å². The highest BCUT2D eigenvalue weighted by atomic mass is 16.5. The fourth-order valence-corrected chi connectivity index (χ4v) is 5.00. The number of carbonyl (C=O) groups excluding carboxylic acids is 3. The molecule has 0 spiro atoms. The van der Waals surface area contributed by atoms with Crippen molar-refractivity contribution in [2.45, 2.75) is 56.9 Å². The van der Waals surface area contributed by atoms with Gasteiger partial charge in [-0.1, -0.05) is 30.3 Å². The Balaban J connectivity index is 1.55. The Morgan fingerprint density at radius 1 is 1.21 bits per heavy atom. The maximum absolute atomic E-state index is 13.6. The average Bonchev–Trinajstić information content (AvgIpc) is 3.34. The van der Waals surface area contributed by atoms with Crippen molar-refractivity contribution in [3.05, 3.63) is 52.8 Å². The molecule has 4 rings (SSSR count). The van der Waals surface area contributed by atoms with Crippen molar-refractivity contribution in [3.63, 3.8) is 0 Å². The smallest absolute Gasteiger partial charge is 0.240 e. The Kier molecular flexibility index (Phi) is 6.93. The molecule has 0 saturated carbocycles. The van der Waals surface area contributed by atoms with Gasteiger partial charge in [0.05, 0.1) is 17.7 Å². The number of aromatic nitrogens is 2. The molecular formula is C25H32N4O4. The van der Waals surface area contributed by atoms with Crippen LogP contribution < -0.4 is 0 Å². The summed E-state index contributed by atoms with van der Waals surface area (Å²) in [5, 5.41) is 7.56. The lowest BCUT2D eigenvalue weighted by molar-refractivity contribution is -0.142. The number of amides is 3. The number of H-pyrrole nitrogens is 1. The fourth-order valence-electron chi connectivity index (χ4n) is 5.00. The van der Waals surface area contributed by atoms with Gasteiger partial charge >= 0.3 is 0 Å². The maximum Gasteiger partial charge on any atom is 0.240 e. The van der Waals surface area contributed by atoms with Gasteiger partial charge in [0, 0.05) is 45.8 Å². The Hall–Kier alpha value is -3.00. The molecule has 0 radical (unpaired) electrons. The number of aryl methyl sites for hydroxylation is 1. The molecule has 3 amide bonds. The molecule has 1 fully saturated rings. The molecule has 1 saturated heterocycles. The number of imide groups is 1. The number of aromatic amines is 1. The lowest BCUT2D eigenvalue weighted by Gasteiger charge is -2.29. The van der Waals surface area contributed by atoms with Crippen LogP contribution >= 0.6 is 0 Å². The summed E-state index contributed by atoms with van der Waals surface area (Å²) in [6.45, 7) is 1.14. The van der Waals surface area contributed by atoms with Crippen LogP contribution in [0, 0.1) is 0 Å². The highest BCUT2D eigenvalue weighted by Crippen LogP contribution is 2.40. The molecular weight excluding hydrogens is 420 g/mol. The number of hydrogen-bond acceptors (Lipinski definition) is 5. The van der Waals surface area contributed by atoms with Crippen molar-refractivity contribution in [2.24, 2.45) is 0 Å². The molecule has 8 nitrogen and oxygen atoms in total. The molecule has 33 heavy (non-hydrogen) atoms. The summed E-state index contributed by atoms with van der Waals surface area (Å²) in [6, 6.07) is 9.21. The van der Waals surface area contributed by atoms with E-state index in [2.05, 4.69) is 10.2 Å². The van der Waals surface area contributed by atoms with Crippen molar-refractivity contribution >= 4 is 17.7 Å². The molecule has 8 heteroatoms. The summed E-state index contributed by atoms with van der Waals surface area (Å²) in [5.41, 5.74) is 2.80. The minimum atomic E-state index is -1.18. The third-order valence-corrected chi connectivity index (χ3v) is 6.87. The van der Waals surface area contributed by atoms with Crippen molar-refractivity contribution in [1.29, 1.82) is 0 Å².